The number of benzene rings is 2. The number of hydrogen-bond acceptors (Lipinski definition) is 5. The molecule has 0 bridgehead atoms. The SMILES string of the molecule is CCCN(C)CCN(CC=O)C(=O)c1nc(-c2ccccc2)n(-c2ccccc2)n1. The van der Waals surface area contributed by atoms with E-state index in [2.05, 4.69) is 21.9 Å². The number of amides is 1. The van der Waals surface area contributed by atoms with Crippen molar-refractivity contribution in [3.05, 3.63) is 66.5 Å². The van der Waals surface area contributed by atoms with Crippen molar-refractivity contribution in [1.82, 2.24) is 24.6 Å². The molecule has 3 rings (SSSR count). The van der Waals surface area contributed by atoms with Gasteiger partial charge in [0.15, 0.2) is 5.82 Å². The van der Waals surface area contributed by atoms with Gasteiger partial charge >= 0.3 is 0 Å². The number of aldehydes is 1. The Morgan fingerprint density at radius 2 is 1.67 bits per heavy atom. The quantitative estimate of drug-likeness (QED) is 0.485. The molecule has 7 heteroatoms. The van der Waals surface area contributed by atoms with E-state index >= 15 is 0 Å². The topological polar surface area (TPSA) is 71.3 Å². The molecule has 0 aliphatic heterocycles. The molecule has 0 spiro atoms. The van der Waals surface area contributed by atoms with E-state index in [1.54, 1.807) is 4.68 Å². The molecular weight excluding hydrogens is 378 g/mol. The normalized spacial score (nSPS) is 10.9. The average molecular weight is 406 g/mol. The molecule has 0 unspecified atom stereocenters. The molecule has 0 fully saturated rings. The molecule has 1 amide bonds. The van der Waals surface area contributed by atoms with E-state index in [9.17, 15) is 9.59 Å². The van der Waals surface area contributed by atoms with Gasteiger partial charge in [-0.05, 0) is 32.1 Å². The van der Waals surface area contributed by atoms with Crippen LogP contribution in [-0.2, 0) is 4.79 Å². The molecule has 1 heterocycles. The van der Waals surface area contributed by atoms with Crippen LogP contribution in [0.15, 0.2) is 60.7 Å². The van der Waals surface area contributed by atoms with Crippen molar-refractivity contribution in [2.75, 3.05) is 33.2 Å². The molecular formula is C23H27N5O2. The fourth-order valence-corrected chi connectivity index (χ4v) is 3.22. The predicted octanol–water partition coefficient (Wildman–Crippen LogP) is 2.92. The third-order valence-electron chi connectivity index (χ3n) is 4.77. The van der Waals surface area contributed by atoms with E-state index in [1.165, 1.54) is 4.90 Å². The standard InChI is InChI=1S/C23H27N5O2/c1-3-14-26(2)15-16-27(17-18-29)23(30)21-24-22(19-10-6-4-7-11-19)28(25-21)20-12-8-5-9-13-20/h4-13,18H,3,14-17H2,1-2H3. The lowest BCUT2D eigenvalue weighted by atomic mass is 10.2. The second-order valence-corrected chi connectivity index (χ2v) is 7.09. The van der Waals surface area contributed by atoms with Crippen molar-refractivity contribution in [3.63, 3.8) is 0 Å². The maximum atomic E-state index is 13.1. The molecule has 156 valence electrons. The zero-order valence-electron chi connectivity index (χ0n) is 17.4. The number of likely N-dealkylation sites (N-methyl/N-ethyl adjacent to an activating group) is 1. The molecule has 30 heavy (non-hydrogen) atoms. The van der Waals surface area contributed by atoms with Crippen molar-refractivity contribution in [2.24, 2.45) is 0 Å². The molecule has 0 aliphatic carbocycles. The number of hydrogen-bond donors (Lipinski definition) is 0. The van der Waals surface area contributed by atoms with E-state index in [1.807, 2.05) is 67.7 Å². The fourth-order valence-electron chi connectivity index (χ4n) is 3.22. The van der Waals surface area contributed by atoms with Gasteiger partial charge in [0.05, 0.1) is 12.2 Å². The van der Waals surface area contributed by atoms with E-state index < -0.39 is 0 Å². The van der Waals surface area contributed by atoms with Crippen molar-refractivity contribution in [3.8, 4) is 17.1 Å². The van der Waals surface area contributed by atoms with Gasteiger partial charge in [0.25, 0.3) is 5.91 Å². The molecule has 0 atom stereocenters. The smallest absolute Gasteiger partial charge is 0.293 e. The number of rotatable bonds is 10. The van der Waals surface area contributed by atoms with Gasteiger partial charge in [0.1, 0.15) is 6.29 Å². The average Bonchev–Trinajstić information content (AvgIpc) is 3.23. The van der Waals surface area contributed by atoms with Gasteiger partial charge < -0.3 is 14.6 Å². The summed E-state index contributed by atoms with van der Waals surface area (Å²) in [7, 11) is 2.00. The highest BCUT2D eigenvalue weighted by Crippen LogP contribution is 2.21. The van der Waals surface area contributed by atoms with Crippen LogP contribution in [0, 0.1) is 0 Å². The van der Waals surface area contributed by atoms with Gasteiger partial charge in [-0.1, -0.05) is 55.5 Å². The summed E-state index contributed by atoms with van der Waals surface area (Å²) in [5, 5.41) is 4.51. The Bertz CT molecular complexity index is 899. The molecule has 0 radical (unpaired) electrons. The lowest BCUT2D eigenvalue weighted by Gasteiger charge is -2.22. The molecule has 0 N–H and O–H groups in total. The maximum Gasteiger partial charge on any atom is 0.293 e. The minimum Gasteiger partial charge on any atom is -0.328 e. The van der Waals surface area contributed by atoms with Crippen LogP contribution < -0.4 is 0 Å². The number of aromatic nitrogens is 3. The van der Waals surface area contributed by atoms with E-state index in [0.717, 1.165) is 30.5 Å². The Hall–Kier alpha value is -3.32. The summed E-state index contributed by atoms with van der Waals surface area (Å²) < 4.78 is 1.67. The fraction of sp³-hybridized carbons (Fsp3) is 0.304. The summed E-state index contributed by atoms with van der Waals surface area (Å²) in [6, 6.07) is 19.2. The molecule has 7 nitrogen and oxygen atoms in total. The Kier molecular flexibility index (Phi) is 7.45. The van der Waals surface area contributed by atoms with E-state index in [0.29, 0.717) is 18.9 Å². The van der Waals surface area contributed by atoms with E-state index in [4.69, 9.17) is 0 Å². The van der Waals surface area contributed by atoms with Gasteiger partial charge in [-0.15, -0.1) is 5.10 Å². The summed E-state index contributed by atoms with van der Waals surface area (Å²) in [6.07, 6.45) is 1.77. The van der Waals surface area contributed by atoms with Crippen LogP contribution >= 0.6 is 0 Å². The van der Waals surface area contributed by atoms with Crippen molar-refractivity contribution >= 4 is 12.2 Å². The first-order valence-electron chi connectivity index (χ1n) is 10.1. The number of carbonyl (C=O) groups excluding carboxylic acids is 2. The summed E-state index contributed by atoms with van der Waals surface area (Å²) in [5.41, 5.74) is 1.67. The van der Waals surface area contributed by atoms with Crippen LogP contribution in [0.5, 0.6) is 0 Å². The molecule has 2 aromatic carbocycles. The minimum atomic E-state index is -0.348. The van der Waals surface area contributed by atoms with Gasteiger partial charge in [0, 0.05) is 18.7 Å². The van der Waals surface area contributed by atoms with Gasteiger partial charge in [-0.25, -0.2) is 9.67 Å². The zero-order valence-corrected chi connectivity index (χ0v) is 17.4. The van der Waals surface area contributed by atoms with Gasteiger partial charge in [0.2, 0.25) is 5.82 Å². The maximum absolute atomic E-state index is 13.1. The predicted molar refractivity (Wildman–Crippen MR) is 117 cm³/mol. The molecule has 0 aliphatic rings. The van der Waals surface area contributed by atoms with Crippen LogP contribution in [0.3, 0.4) is 0 Å². The Balaban J connectivity index is 1.93. The van der Waals surface area contributed by atoms with Gasteiger partial charge in [-0.3, -0.25) is 4.79 Å². The van der Waals surface area contributed by atoms with E-state index in [-0.39, 0.29) is 18.3 Å². The molecule has 0 saturated carbocycles. The monoisotopic (exact) mass is 405 g/mol. The Labute approximate surface area is 176 Å². The molecule has 0 saturated heterocycles. The van der Waals surface area contributed by atoms with Crippen LogP contribution in [0.4, 0.5) is 0 Å². The zero-order chi connectivity index (χ0) is 21.3. The highest BCUT2D eigenvalue weighted by molar-refractivity contribution is 5.92. The van der Waals surface area contributed by atoms with Crippen molar-refractivity contribution in [2.45, 2.75) is 13.3 Å². The minimum absolute atomic E-state index is 0.0132. The summed E-state index contributed by atoms with van der Waals surface area (Å²) in [5.74, 6) is 0.316. The Morgan fingerprint density at radius 3 is 2.30 bits per heavy atom. The largest absolute Gasteiger partial charge is 0.328 e. The Morgan fingerprint density at radius 1 is 1.00 bits per heavy atom. The van der Waals surface area contributed by atoms with Crippen LogP contribution in [-0.4, -0.2) is 70.0 Å². The highest BCUT2D eigenvalue weighted by atomic mass is 16.2. The van der Waals surface area contributed by atoms with Crippen molar-refractivity contribution in [1.29, 1.82) is 0 Å². The number of para-hydroxylation sites is 1. The second kappa shape index (κ2) is 10.5. The molecule has 1 aromatic heterocycles. The van der Waals surface area contributed by atoms with Crippen LogP contribution in [0.25, 0.3) is 17.1 Å². The highest BCUT2D eigenvalue weighted by Gasteiger charge is 2.23. The van der Waals surface area contributed by atoms with Crippen LogP contribution in [0.2, 0.25) is 0 Å². The lowest BCUT2D eigenvalue weighted by Crippen LogP contribution is -2.39. The second-order valence-electron chi connectivity index (χ2n) is 7.09. The van der Waals surface area contributed by atoms with Crippen LogP contribution in [0.1, 0.15) is 24.0 Å². The first-order chi connectivity index (χ1) is 14.6. The third-order valence-corrected chi connectivity index (χ3v) is 4.77. The summed E-state index contributed by atoms with van der Waals surface area (Å²) >= 11 is 0. The lowest BCUT2D eigenvalue weighted by molar-refractivity contribution is -0.108. The third kappa shape index (κ3) is 5.18. The first kappa shape index (κ1) is 21.4. The first-order valence-corrected chi connectivity index (χ1v) is 10.1. The number of nitrogens with zero attached hydrogens (tertiary/aromatic N) is 5. The number of carbonyl (C=O) groups is 2. The molecule has 3 aromatic rings. The summed E-state index contributed by atoms with van der Waals surface area (Å²) in [4.78, 5) is 32.5. The summed E-state index contributed by atoms with van der Waals surface area (Å²) in [6.45, 7) is 4.17. The van der Waals surface area contributed by atoms with Crippen molar-refractivity contribution < 1.29 is 9.59 Å². The van der Waals surface area contributed by atoms with Gasteiger partial charge in [-0.2, -0.15) is 0 Å².